The van der Waals surface area contributed by atoms with Gasteiger partial charge in [-0.15, -0.1) is 0 Å². The van der Waals surface area contributed by atoms with Gasteiger partial charge in [0, 0.05) is 5.56 Å². The molecule has 0 spiro atoms. The molecule has 0 saturated carbocycles. The Balaban J connectivity index is 1.84. The summed E-state index contributed by atoms with van der Waals surface area (Å²) in [6.45, 7) is 1.20. The zero-order chi connectivity index (χ0) is 19.4. The lowest BCUT2D eigenvalue weighted by Gasteiger charge is -2.33. The van der Waals surface area contributed by atoms with E-state index in [4.69, 9.17) is 9.47 Å². The summed E-state index contributed by atoms with van der Waals surface area (Å²) in [5, 5.41) is 28.9. The van der Waals surface area contributed by atoms with Crippen molar-refractivity contribution in [3.05, 3.63) is 65.8 Å². The number of allylic oxidation sites excluding steroid dienone is 3. The summed E-state index contributed by atoms with van der Waals surface area (Å²) in [4.78, 5) is 10.9. The largest absolute Gasteiger partial charge is 0.504 e. The van der Waals surface area contributed by atoms with Gasteiger partial charge in [-0.2, -0.15) is 0 Å². The number of aromatic hydroxyl groups is 2. The molecule has 1 aliphatic rings. The maximum absolute atomic E-state index is 10.9. The zero-order valence-electron chi connectivity index (χ0n) is 14.7. The van der Waals surface area contributed by atoms with E-state index in [1.54, 1.807) is 30.4 Å². The zero-order valence-corrected chi connectivity index (χ0v) is 14.7. The summed E-state index contributed by atoms with van der Waals surface area (Å²) in [5.41, 5.74) is 1.43. The van der Waals surface area contributed by atoms with Crippen LogP contribution in [-0.2, 0) is 4.79 Å². The van der Waals surface area contributed by atoms with E-state index in [0.29, 0.717) is 17.1 Å². The Labute approximate surface area is 156 Å². The topological polar surface area (TPSA) is 96.2 Å². The highest BCUT2D eigenvalue weighted by Gasteiger charge is 2.33. The van der Waals surface area contributed by atoms with Crippen molar-refractivity contribution in [1.29, 1.82) is 0 Å². The van der Waals surface area contributed by atoms with Crippen LogP contribution in [0.3, 0.4) is 0 Å². The Morgan fingerprint density at radius 3 is 2.56 bits per heavy atom. The molecule has 2 aromatic carbocycles. The van der Waals surface area contributed by atoms with Crippen molar-refractivity contribution in [2.45, 2.75) is 19.1 Å². The fourth-order valence-corrected chi connectivity index (χ4v) is 2.75. The number of phenols is 2. The average molecular weight is 368 g/mol. The lowest BCUT2D eigenvalue weighted by molar-refractivity contribution is -0.112. The van der Waals surface area contributed by atoms with E-state index in [9.17, 15) is 20.1 Å². The molecular weight excluding hydrogens is 348 g/mol. The predicted molar refractivity (Wildman–Crippen MR) is 99.9 cm³/mol. The first-order valence-electron chi connectivity index (χ1n) is 8.43. The number of benzene rings is 2. The number of carbonyl (C=O) groups excluding carboxylic acids is 1. The van der Waals surface area contributed by atoms with Crippen LogP contribution >= 0.6 is 0 Å². The van der Waals surface area contributed by atoms with Crippen LogP contribution in [-0.4, -0.2) is 33.8 Å². The summed E-state index contributed by atoms with van der Waals surface area (Å²) in [5.74, 6) is 0.475. The molecule has 0 bridgehead atoms. The number of ketones is 1. The smallest absolute Gasteiger partial charge is 0.163 e. The molecule has 0 radical (unpaired) electrons. The maximum Gasteiger partial charge on any atom is 0.163 e. The van der Waals surface area contributed by atoms with Crippen LogP contribution in [0.1, 0.15) is 24.2 Å². The molecule has 3 rings (SSSR count). The molecule has 0 unspecified atom stereocenters. The summed E-state index contributed by atoms with van der Waals surface area (Å²) in [6, 6.07) is 9.72. The average Bonchev–Trinajstić information content (AvgIpc) is 2.66. The minimum atomic E-state index is -0.668. The Kier molecular flexibility index (Phi) is 5.47. The molecule has 3 N–H and O–H groups in total. The number of phenolic OH excluding ortho intramolecular Hbond substituents is 2. The lowest BCUT2D eigenvalue weighted by atomic mass is 10.0. The van der Waals surface area contributed by atoms with Gasteiger partial charge in [-0.1, -0.05) is 30.4 Å². The molecule has 6 heteroatoms. The summed E-state index contributed by atoms with van der Waals surface area (Å²) in [7, 11) is 0. The van der Waals surface area contributed by atoms with E-state index in [0.717, 1.165) is 5.56 Å². The van der Waals surface area contributed by atoms with Crippen molar-refractivity contribution in [3.63, 3.8) is 0 Å². The highest BCUT2D eigenvalue weighted by molar-refractivity contribution is 5.87. The summed E-state index contributed by atoms with van der Waals surface area (Å²) >= 11 is 0. The SMILES string of the molecule is CC(=O)/C=C/C=C\c1ccc2c(c1)O[C@H](CO)[C@H](c1ccc(O)c(O)c1)O2. The first-order chi connectivity index (χ1) is 13.0. The Morgan fingerprint density at radius 2 is 1.85 bits per heavy atom. The minimum absolute atomic E-state index is 0.0288. The molecule has 0 aromatic heterocycles. The van der Waals surface area contributed by atoms with Crippen LogP contribution in [0.4, 0.5) is 0 Å². The summed E-state index contributed by atoms with van der Waals surface area (Å²) < 4.78 is 11.8. The van der Waals surface area contributed by atoms with E-state index in [1.165, 1.54) is 25.1 Å². The first-order valence-corrected chi connectivity index (χ1v) is 8.43. The van der Waals surface area contributed by atoms with Crippen LogP contribution in [0.25, 0.3) is 6.08 Å². The highest BCUT2D eigenvalue weighted by Crippen LogP contribution is 2.41. The Hall–Kier alpha value is -3.25. The third kappa shape index (κ3) is 4.30. The van der Waals surface area contributed by atoms with Crippen molar-refractivity contribution in [3.8, 4) is 23.0 Å². The number of rotatable bonds is 5. The van der Waals surface area contributed by atoms with Crippen LogP contribution in [0, 0.1) is 0 Å². The second-order valence-corrected chi connectivity index (χ2v) is 6.16. The number of hydrogen-bond acceptors (Lipinski definition) is 6. The molecule has 1 aliphatic heterocycles. The molecule has 27 heavy (non-hydrogen) atoms. The normalized spacial score (nSPS) is 18.9. The second kappa shape index (κ2) is 7.97. The number of aliphatic hydroxyl groups excluding tert-OH is 1. The number of ether oxygens (including phenoxy) is 2. The van der Waals surface area contributed by atoms with Gasteiger partial charge in [0.1, 0.15) is 0 Å². The number of hydrogen-bond donors (Lipinski definition) is 3. The quantitative estimate of drug-likeness (QED) is 0.426. The molecule has 140 valence electrons. The second-order valence-electron chi connectivity index (χ2n) is 6.16. The number of fused-ring (bicyclic) bond motifs is 1. The van der Waals surface area contributed by atoms with Crippen LogP contribution in [0.5, 0.6) is 23.0 Å². The van der Waals surface area contributed by atoms with Gasteiger partial charge in [0.2, 0.25) is 0 Å². The van der Waals surface area contributed by atoms with Gasteiger partial charge in [-0.25, -0.2) is 0 Å². The number of aliphatic hydroxyl groups is 1. The fraction of sp³-hybridized carbons (Fsp3) is 0.190. The molecule has 1 heterocycles. The molecule has 0 aliphatic carbocycles. The fourth-order valence-electron chi connectivity index (χ4n) is 2.75. The van der Waals surface area contributed by atoms with Gasteiger partial charge in [0.25, 0.3) is 0 Å². The Bertz CT molecular complexity index is 900. The van der Waals surface area contributed by atoms with Crippen molar-refractivity contribution in [2.75, 3.05) is 6.61 Å². The minimum Gasteiger partial charge on any atom is -0.504 e. The van der Waals surface area contributed by atoms with E-state index in [-0.39, 0.29) is 23.9 Å². The number of carbonyl (C=O) groups is 1. The third-order valence-corrected chi connectivity index (χ3v) is 4.08. The molecule has 2 atom stereocenters. The lowest BCUT2D eigenvalue weighted by Crippen LogP contribution is -2.36. The predicted octanol–water partition coefficient (Wildman–Crippen LogP) is 3.13. The highest BCUT2D eigenvalue weighted by atomic mass is 16.6. The molecule has 2 aromatic rings. The van der Waals surface area contributed by atoms with Gasteiger partial charge >= 0.3 is 0 Å². The van der Waals surface area contributed by atoms with E-state index < -0.39 is 12.2 Å². The van der Waals surface area contributed by atoms with Crippen molar-refractivity contribution >= 4 is 11.9 Å². The van der Waals surface area contributed by atoms with Crippen LogP contribution < -0.4 is 9.47 Å². The molecule has 0 amide bonds. The first kappa shape index (κ1) is 18.5. The molecular formula is C21H20O6. The third-order valence-electron chi connectivity index (χ3n) is 4.08. The van der Waals surface area contributed by atoms with Gasteiger partial charge in [0.15, 0.2) is 41.0 Å². The van der Waals surface area contributed by atoms with Gasteiger partial charge in [-0.3, -0.25) is 4.79 Å². The van der Waals surface area contributed by atoms with Crippen LogP contribution in [0.15, 0.2) is 54.6 Å². The summed E-state index contributed by atoms with van der Waals surface area (Å²) in [6.07, 6.45) is 5.39. The van der Waals surface area contributed by atoms with Crippen molar-refractivity contribution in [2.24, 2.45) is 0 Å². The van der Waals surface area contributed by atoms with Crippen molar-refractivity contribution in [1.82, 2.24) is 0 Å². The molecule has 6 nitrogen and oxygen atoms in total. The van der Waals surface area contributed by atoms with Crippen molar-refractivity contribution < 1.29 is 29.6 Å². The van der Waals surface area contributed by atoms with E-state index >= 15 is 0 Å². The maximum atomic E-state index is 10.9. The van der Waals surface area contributed by atoms with E-state index in [1.807, 2.05) is 12.1 Å². The van der Waals surface area contributed by atoms with E-state index in [2.05, 4.69) is 0 Å². The van der Waals surface area contributed by atoms with Gasteiger partial charge < -0.3 is 24.8 Å². The standard InChI is InChI=1S/C21H20O6/c1-13(23)4-2-3-5-14-6-9-18-19(10-14)26-20(12-22)21(27-18)15-7-8-16(24)17(25)11-15/h2-11,20-22,24-25H,12H2,1H3/b4-2+,5-3-/t20-,21+/m1/s1. The Morgan fingerprint density at radius 1 is 1.04 bits per heavy atom. The van der Waals surface area contributed by atoms with Crippen LogP contribution in [0.2, 0.25) is 0 Å². The molecule has 0 saturated heterocycles. The van der Waals surface area contributed by atoms with Gasteiger partial charge in [0.05, 0.1) is 6.61 Å². The monoisotopic (exact) mass is 368 g/mol. The van der Waals surface area contributed by atoms with Gasteiger partial charge in [-0.05, 0) is 42.8 Å². The molecule has 0 fully saturated rings.